The molecule has 7 nitrogen and oxygen atoms in total. The molecule has 0 unspecified atom stereocenters. The number of nitrogens with zero attached hydrogens (tertiary/aromatic N) is 3. The number of piperidine rings is 1. The molecule has 29 heavy (non-hydrogen) atoms. The lowest BCUT2D eigenvalue weighted by Crippen LogP contribution is -2.33. The van der Waals surface area contributed by atoms with E-state index in [1.54, 1.807) is 0 Å². The summed E-state index contributed by atoms with van der Waals surface area (Å²) < 4.78 is 0. The number of carbonyl (C=O) groups is 2. The second kappa shape index (κ2) is 11.0. The number of hydrogen-bond acceptors (Lipinski definition) is 6. The molecule has 1 aliphatic rings. The van der Waals surface area contributed by atoms with Crippen molar-refractivity contribution in [1.82, 2.24) is 20.4 Å². The summed E-state index contributed by atoms with van der Waals surface area (Å²) in [5, 5.41) is 14.8. The first kappa shape index (κ1) is 21.4. The summed E-state index contributed by atoms with van der Waals surface area (Å²) in [7, 11) is 0. The minimum absolute atomic E-state index is 0.0181. The second-order valence-electron chi connectivity index (χ2n) is 7.43. The predicted molar refractivity (Wildman–Crippen MR) is 115 cm³/mol. The van der Waals surface area contributed by atoms with Crippen LogP contribution in [0.5, 0.6) is 0 Å². The summed E-state index contributed by atoms with van der Waals surface area (Å²) in [5.74, 6) is -0.260. The number of amides is 2. The van der Waals surface area contributed by atoms with Gasteiger partial charge in [-0.05, 0) is 58.0 Å². The maximum atomic E-state index is 12.3. The summed E-state index contributed by atoms with van der Waals surface area (Å²) in [6.07, 6.45) is 5.76. The third-order valence-corrected chi connectivity index (χ3v) is 5.94. The van der Waals surface area contributed by atoms with Crippen LogP contribution in [0.3, 0.4) is 0 Å². The molecular weight excluding hydrogens is 386 g/mol. The molecule has 2 amide bonds. The van der Waals surface area contributed by atoms with Crippen LogP contribution in [0.2, 0.25) is 0 Å². The van der Waals surface area contributed by atoms with Gasteiger partial charge in [0, 0.05) is 25.1 Å². The minimum Gasteiger partial charge on any atom is -0.356 e. The minimum atomic E-state index is -0.278. The first-order valence-electron chi connectivity index (χ1n) is 10.3. The van der Waals surface area contributed by atoms with Gasteiger partial charge in [-0.1, -0.05) is 35.5 Å². The van der Waals surface area contributed by atoms with Crippen LogP contribution < -0.4 is 10.6 Å². The number of hydrogen-bond donors (Lipinski definition) is 2. The van der Waals surface area contributed by atoms with Gasteiger partial charge in [-0.25, -0.2) is 0 Å². The molecule has 0 spiro atoms. The number of likely N-dealkylation sites (tertiary alicyclic amines) is 1. The third-order valence-electron chi connectivity index (χ3n) is 4.96. The normalized spacial score (nSPS) is 14.5. The molecular formula is C21H29N5O2S. The van der Waals surface area contributed by atoms with Crippen molar-refractivity contribution in [2.45, 2.75) is 45.4 Å². The van der Waals surface area contributed by atoms with E-state index in [2.05, 4.69) is 25.7 Å². The van der Waals surface area contributed by atoms with E-state index in [0.717, 1.165) is 24.2 Å². The molecule has 0 atom stereocenters. The van der Waals surface area contributed by atoms with Gasteiger partial charge in [0.25, 0.3) is 5.91 Å². The van der Waals surface area contributed by atoms with Crippen molar-refractivity contribution in [2.75, 3.05) is 31.5 Å². The van der Waals surface area contributed by atoms with Gasteiger partial charge in [-0.15, -0.1) is 10.2 Å². The van der Waals surface area contributed by atoms with Gasteiger partial charge in [-0.3, -0.25) is 9.59 Å². The van der Waals surface area contributed by atoms with Crippen LogP contribution in [0.4, 0.5) is 5.69 Å². The molecule has 1 fully saturated rings. The highest BCUT2D eigenvalue weighted by atomic mass is 32.1. The zero-order valence-electron chi connectivity index (χ0n) is 16.9. The van der Waals surface area contributed by atoms with E-state index in [1.807, 2.05) is 31.2 Å². The maximum absolute atomic E-state index is 12.3. The lowest BCUT2D eigenvalue weighted by molar-refractivity contribution is -0.121. The molecule has 0 saturated carbocycles. The van der Waals surface area contributed by atoms with Gasteiger partial charge in [0.1, 0.15) is 5.01 Å². The Morgan fingerprint density at radius 2 is 1.86 bits per heavy atom. The largest absolute Gasteiger partial charge is 0.356 e. The van der Waals surface area contributed by atoms with Crippen LogP contribution in [0.1, 0.15) is 52.5 Å². The molecule has 3 rings (SSSR count). The van der Waals surface area contributed by atoms with Crippen LogP contribution in [0.25, 0.3) is 0 Å². The molecule has 2 aromatic rings. The Hall–Kier alpha value is -2.32. The summed E-state index contributed by atoms with van der Waals surface area (Å²) in [6, 6.07) is 7.58. The van der Waals surface area contributed by atoms with Crippen LogP contribution in [0, 0.1) is 6.92 Å². The van der Waals surface area contributed by atoms with Crippen LogP contribution >= 0.6 is 11.3 Å². The Labute approximate surface area is 175 Å². The van der Waals surface area contributed by atoms with Crippen LogP contribution in [0.15, 0.2) is 24.3 Å². The topological polar surface area (TPSA) is 87.2 Å². The number of anilines is 1. The first-order valence-corrected chi connectivity index (χ1v) is 11.1. The highest BCUT2D eigenvalue weighted by Crippen LogP contribution is 2.15. The van der Waals surface area contributed by atoms with Gasteiger partial charge in [0.05, 0.1) is 0 Å². The van der Waals surface area contributed by atoms with E-state index in [1.165, 1.54) is 43.7 Å². The molecule has 1 saturated heterocycles. The molecule has 156 valence electrons. The number of carbonyl (C=O) groups excluding carboxylic acids is 2. The first-order chi connectivity index (χ1) is 14.1. The van der Waals surface area contributed by atoms with Gasteiger partial charge >= 0.3 is 0 Å². The molecule has 0 radical (unpaired) electrons. The van der Waals surface area contributed by atoms with Crippen molar-refractivity contribution in [2.24, 2.45) is 0 Å². The highest BCUT2D eigenvalue weighted by Gasteiger charge is 2.14. The monoisotopic (exact) mass is 415 g/mol. The average molecular weight is 416 g/mol. The van der Waals surface area contributed by atoms with E-state index in [-0.39, 0.29) is 11.8 Å². The molecule has 1 aromatic carbocycles. The lowest BCUT2D eigenvalue weighted by Gasteiger charge is -2.26. The molecule has 1 aromatic heterocycles. The summed E-state index contributed by atoms with van der Waals surface area (Å²) in [4.78, 5) is 26.8. The van der Waals surface area contributed by atoms with Crippen molar-refractivity contribution >= 4 is 28.8 Å². The second-order valence-corrected chi connectivity index (χ2v) is 8.49. The van der Waals surface area contributed by atoms with Crippen molar-refractivity contribution in [3.05, 3.63) is 39.8 Å². The van der Waals surface area contributed by atoms with Crippen molar-refractivity contribution < 1.29 is 9.59 Å². The molecule has 0 bridgehead atoms. The third kappa shape index (κ3) is 7.21. The van der Waals surface area contributed by atoms with Gasteiger partial charge in [0.15, 0.2) is 0 Å². The van der Waals surface area contributed by atoms with Crippen molar-refractivity contribution in [1.29, 1.82) is 0 Å². The predicted octanol–water partition coefficient (Wildman–Crippen LogP) is 3.02. The zero-order chi connectivity index (χ0) is 20.5. The molecule has 2 N–H and O–H groups in total. The molecule has 8 heteroatoms. The maximum Gasteiger partial charge on any atom is 0.286 e. The van der Waals surface area contributed by atoms with Crippen molar-refractivity contribution in [3.63, 3.8) is 0 Å². The number of nitrogens with one attached hydrogen (secondary N) is 2. The molecule has 2 heterocycles. The van der Waals surface area contributed by atoms with Gasteiger partial charge in [0.2, 0.25) is 10.9 Å². The Balaban J connectivity index is 1.34. The molecule has 0 aliphatic carbocycles. The van der Waals surface area contributed by atoms with E-state index in [4.69, 9.17) is 0 Å². The van der Waals surface area contributed by atoms with Crippen molar-refractivity contribution in [3.8, 4) is 0 Å². The smallest absolute Gasteiger partial charge is 0.286 e. The highest BCUT2D eigenvalue weighted by molar-refractivity contribution is 7.13. The van der Waals surface area contributed by atoms with Gasteiger partial charge < -0.3 is 15.5 Å². The number of rotatable bonds is 9. The fourth-order valence-corrected chi connectivity index (χ4v) is 4.02. The number of aromatic nitrogens is 2. The molecule has 1 aliphatic heterocycles. The summed E-state index contributed by atoms with van der Waals surface area (Å²) >= 11 is 1.23. The van der Waals surface area contributed by atoms with E-state index < -0.39 is 0 Å². The van der Waals surface area contributed by atoms with E-state index in [9.17, 15) is 9.59 Å². The fourth-order valence-electron chi connectivity index (χ4n) is 3.29. The van der Waals surface area contributed by atoms with E-state index >= 15 is 0 Å². The average Bonchev–Trinajstić information content (AvgIpc) is 3.21. The summed E-state index contributed by atoms with van der Waals surface area (Å²) in [5.41, 5.74) is 1.85. The Bertz CT molecular complexity index is 800. The van der Waals surface area contributed by atoms with Crippen LogP contribution in [-0.4, -0.2) is 53.1 Å². The summed E-state index contributed by atoms with van der Waals surface area (Å²) in [6.45, 7) is 6.12. The quantitative estimate of drug-likeness (QED) is 0.615. The lowest BCUT2D eigenvalue weighted by atomic mass is 10.1. The number of benzene rings is 1. The SMILES string of the molecule is Cc1ccc(NC(=O)c2nnc(CCC(=O)NCCCN3CCCCC3)s2)cc1. The fraction of sp³-hybridized carbons (Fsp3) is 0.524. The van der Waals surface area contributed by atoms with Gasteiger partial charge in [-0.2, -0.15) is 0 Å². The van der Waals surface area contributed by atoms with E-state index in [0.29, 0.717) is 29.4 Å². The Kier molecular flexibility index (Phi) is 8.13. The Morgan fingerprint density at radius 3 is 2.62 bits per heavy atom. The Morgan fingerprint density at radius 1 is 1.10 bits per heavy atom. The number of aryl methyl sites for hydroxylation is 2. The standard InChI is InChI=1S/C21H29N5O2S/c1-16-6-8-17(9-7-16)23-20(28)21-25-24-19(29-21)11-10-18(27)22-12-5-15-26-13-3-2-4-14-26/h6-9H,2-5,10-15H2,1H3,(H,22,27)(H,23,28). The van der Waals surface area contributed by atoms with Crippen LogP contribution in [-0.2, 0) is 11.2 Å². The zero-order valence-corrected chi connectivity index (χ0v) is 17.8.